The van der Waals surface area contributed by atoms with Crippen molar-refractivity contribution in [2.24, 2.45) is 0 Å². The lowest BCUT2D eigenvalue weighted by molar-refractivity contribution is -0.870. The number of hydrogen-bond acceptors (Lipinski definition) is 7. The van der Waals surface area contributed by atoms with Gasteiger partial charge in [-0.15, -0.1) is 0 Å². The maximum atomic E-state index is 12.9. The Bertz CT molecular complexity index is 2230. The fourth-order valence-electron chi connectivity index (χ4n) is 10.4. The molecular formula is C86H145NO8P+. The number of carbonyl (C=O) groups excluding carboxylic acids is 2. The fourth-order valence-corrected chi connectivity index (χ4v) is 11.1. The van der Waals surface area contributed by atoms with Crippen LogP contribution in [0.2, 0.25) is 0 Å². The Hall–Kier alpha value is -4.63. The molecule has 0 aliphatic rings. The normalized spacial score (nSPS) is 14.0. The average molecular weight is 1350 g/mol. The summed E-state index contributed by atoms with van der Waals surface area (Å²) in [6, 6.07) is 0. The Morgan fingerprint density at radius 3 is 0.833 bits per heavy atom. The van der Waals surface area contributed by atoms with Gasteiger partial charge >= 0.3 is 19.8 Å². The number of rotatable bonds is 70. The van der Waals surface area contributed by atoms with Crippen molar-refractivity contribution in [2.75, 3.05) is 47.5 Å². The van der Waals surface area contributed by atoms with Crippen LogP contribution in [0.5, 0.6) is 0 Å². The lowest BCUT2D eigenvalue weighted by atomic mass is 10.0. The Kier molecular flexibility index (Phi) is 71.0. The molecule has 0 heterocycles. The number of esters is 2. The molecule has 0 bridgehead atoms. The van der Waals surface area contributed by atoms with Crippen LogP contribution in [0.3, 0.4) is 0 Å². The molecule has 546 valence electrons. The Morgan fingerprint density at radius 2 is 0.562 bits per heavy atom. The zero-order valence-electron chi connectivity index (χ0n) is 62.3. The largest absolute Gasteiger partial charge is 0.472 e. The molecular weight excluding hydrogens is 1210 g/mol. The molecule has 0 fully saturated rings. The minimum absolute atomic E-state index is 0.0251. The second-order valence-electron chi connectivity index (χ2n) is 26.6. The van der Waals surface area contributed by atoms with Gasteiger partial charge in [-0.2, -0.15) is 0 Å². The molecule has 9 nitrogen and oxygen atoms in total. The van der Waals surface area contributed by atoms with Gasteiger partial charge in [0.1, 0.15) is 19.8 Å². The average Bonchev–Trinajstić information content (AvgIpc) is 2.72. The molecule has 0 aliphatic heterocycles. The van der Waals surface area contributed by atoms with Crippen molar-refractivity contribution < 1.29 is 42.1 Å². The van der Waals surface area contributed by atoms with Crippen LogP contribution >= 0.6 is 7.82 Å². The summed E-state index contributed by atoms with van der Waals surface area (Å²) in [5.74, 6) is -0.800. The quantitative estimate of drug-likeness (QED) is 0.0211. The van der Waals surface area contributed by atoms with E-state index in [4.69, 9.17) is 18.5 Å². The summed E-state index contributed by atoms with van der Waals surface area (Å²) >= 11 is 0. The van der Waals surface area contributed by atoms with Crippen molar-refractivity contribution in [1.29, 1.82) is 0 Å². The van der Waals surface area contributed by atoms with Crippen molar-refractivity contribution in [2.45, 2.75) is 315 Å². The van der Waals surface area contributed by atoms with Gasteiger partial charge in [-0.1, -0.05) is 338 Å². The molecule has 0 saturated carbocycles. The number of quaternary nitrogens is 1. The summed E-state index contributed by atoms with van der Waals surface area (Å²) in [4.78, 5) is 36.0. The third-order valence-corrected chi connectivity index (χ3v) is 17.2. The minimum Gasteiger partial charge on any atom is -0.462 e. The fraction of sp³-hybridized carbons (Fsp3) is 0.651. The van der Waals surface area contributed by atoms with E-state index in [9.17, 15) is 19.0 Å². The van der Waals surface area contributed by atoms with E-state index >= 15 is 0 Å². The number of likely N-dealkylation sites (N-methyl/N-ethyl adjacent to an activating group) is 1. The third-order valence-electron chi connectivity index (χ3n) is 16.2. The highest BCUT2D eigenvalue weighted by molar-refractivity contribution is 7.47. The van der Waals surface area contributed by atoms with Crippen LogP contribution in [0.25, 0.3) is 0 Å². The molecule has 0 aromatic carbocycles. The van der Waals surface area contributed by atoms with Gasteiger partial charge in [-0.25, -0.2) is 4.57 Å². The standard InChI is InChI=1S/C86H144NO8P/c1-6-8-10-12-14-16-18-20-22-24-26-28-30-32-34-36-38-40-42-43-45-47-49-51-53-55-57-59-61-63-65-67-69-71-73-75-77-79-86(89)95-84(83-94-96(90,91)93-81-80-87(3,4)5)82-92-85(88)78-76-74-72-70-68-66-64-62-60-58-56-54-52-50-48-46-44-41-39-37-35-33-31-29-27-25-23-21-19-17-15-13-11-9-7-2/h8-11,14-17,20-23,26-29,32-35,38-41,43,45,49,51,84H,6-7,12-13,18-19,24-25,30-31,36-37,42,44,46-48,50,52-83H2,1-5H3/p+1/b10-8-,11-9-,16-14-,17-15-,22-20-,23-21-,28-26-,29-27-,34-32-,35-33-,40-38-,41-39-,45-43-,51-49-. The number of hydrogen-bond donors (Lipinski definition) is 1. The van der Waals surface area contributed by atoms with E-state index in [1.54, 1.807) is 0 Å². The summed E-state index contributed by atoms with van der Waals surface area (Å²) in [5.41, 5.74) is 0. The molecule has 0 saturated heterocycles. The van der Waals surface area contributed by atoms with Crippen LogP contribution in [0, 0.1) is 0 Å². The van der Waals surface area contributed by atoms with Crippen LogP contribution in [0.1, 0.15) is 309 Å². The van der Waals surface area contributed by atoms with Crippen LogP contribution < -0.4 is 0 Å². The first kappa shape index (κ1) is 91.4. The first-order valence-corrected chi connectivity index (χ1v) is 40.4. The molecule has 0 radical (unpaired) electrons. The highest BCUT2D eigenvalue weighted by atomic mass is 31.2. The van der Waals surface area contributed by atoms with Gasteiger partial charge in [-0.05, 0) is 128 Å². The molecule has 0 rings (SSSR count). The molecule has 96 heavy (non-hydrogen) atoms. The monoisotopic (exact) mass is 1350 g/mol. The van der Waals surface area contributed by atoms with Gasteiger partial charge in [0.25, 0.3) is 0 Å². The summed E-state index contributed by atoms with van der Waals surface area (Å²) < 4.78 is 34.8. The number of ether oxygens (including phenoxy) is 2. The first-order valence-electron chi connectivity index (χ1n) is 38.9. The van der Waals surface area contributed by atoms with Gasteiger partial charge in [0.05, 0.1) is 27.7 Å². The number of allylic oxidation sites excluding steroid dienone is 28. The summed E-state index contributed by atoms with van der Waals surface area (Å²) in [7, 11) is 1.47. The van der Waals surface area contributed by atoms with E-state index in [2.05, 4.69) is 184 Å². The minimum atomic E-state index is -4.41. The van der Waals surface area contributed by atoms with E-state index < -0.39 is 26.5 Å². The number of nitrogens with zero attached hydrogens (tertiary/aromatic N) is 1. The molecule has 0 aromatic heterocycles. The molecule has 0 amide bonds. The molecule has 0 aliphatic carbocycles. The summed E-state index contributed by atoms with van der Waals surface area (Å²) in [5, 5.41) is 0. The van der Waals surface area contributed by atoms with Crippen molar-refractivity contribution in [3.63, 3.8) is 0 Å². The SMILES string of the molecule is CC/C=C\C/C=C\C/C=C\C/C=C\C/C=C\C/C=C\C/C=C\C/C=C\CCCCCCCCCCCCCCC(=O)OC(COC(=O)CCCCCCCCCCCCCCCCCC/C=C\C/C=C\C/C=C\C/C=C\C/C=C\C/C=C\CC)COP(=O)(O)OCC[N+](C)(C)C. The smallest absolute Gasteiger partial charge is 0.462 e. The van der Waals surface area contributed by atoms with Crippen molar-refractivity contribution in [3.8, 4) is 0 Å². The van der Waals surface area contributed by atoms with Crippen molar-refractivity contribution in [1.82, 2.24) is 0 Å². The first-order chi connectivity index (χ1) is 47.0. The molecule has 1 N–H and O–H groups in total. The number of phosphoric ester groups is 1. The molecule has 10 heteroatoms. The highest BCUT2D eigenvalue weighted by Gasteiger charge is 2.27. The topological polar surface area (TPSA) is 108 Å². The molecule has 2 unspecified atom stereocenters. The lowest BCUT2D eigenvalue weighted by Gasteiger charge is -2.24. The van der Waals surface area contributed by atoms with Crippen LogP contribution in [0.4, 0.5) is 0 Å². The Morgan fingerprint density at radius 1 is 0.323 bits per heavy atom. The second-order valence-corrected chi connectivity index (χ2v) is 28.1. The van der Waals surface area contributed by atoms with Crippen LogP contribution in [0.15, 0.2) is 170 Å². The zero-order valence-corrected chi connectivity index (χ0v) is 63.2. The highest BCUT2D eigenvalue weighted by Crippen LogP contribution is 2.43. The summed E-state index contributed by atoms with van der Waals surface area (Å²) in [6.45, 7) is 4.21. The van der Waals surface area contributed by atoms with E-state index in [0.717, 1.165) is 128 Å². The van der Waals surface area contributed by atoms with Gasteiger partial charge in [0.15, 0.2) is 6.10 Å². The predicted octanol–water partition coefficient (Wildman–Crippen LogP) is 26.1. The maximum Gasteiger partial charge on any atom is 0.472 e. The van der Waals surface area contributed by atoms with E-state index in [-0.39, 0.29) is 32.0 Å². The van der Waals surface area contributed by atoms with Crippen LogP contribution in [-0.2, 0) is 32.7 Å². The Balaban J connectivity index is 4.04. The van der Waals surface area contributed by atoms with Crippen molar-refractivity contribution in [3.05, 3.63) is 170 Å². The van der Waals surface area contributed by atoms with E-state index in [1.807, 2.05) is 21.1 Å². The van der Waals surface area contributed by atoms with E-state index in [0.29, 0.717) is 17.4 Å². The third kappa shape index (κ3) is 78.4. The number of phosphoric acid groups is 1. The molecule has 0 spiro atoms. The number of carbonyl (C=O) groups is 2. The van der Waals surface area contributed by atoms with Gasteiger partial charge in [-0.3, -0.25) is 18.6 Å². The Labute approximate surface area is 591 Å². The van der Waals surface area contributed by atoms with Gasteiger partial charge in [0.2, 0.25) is 0 Å². The maximum absolute atomic E-state index is 12.9. The van der Waals surface area contributed by atoms with Crippen molar-refractivity contribution >= 4 is 19.8 Å². The number of unbranched alkanes of at least 4 members (excludes halogenated alkanes) is 28. The van der Waals surface area contributed by atoms with Gasteiger partial charge in [0, 0.05) is 12.8 Å². The predicted molar refractivity (Wildman–Crippen MR) is 417 cm³/mol. The van der Waals surface area contributed by atoms with Crippen LogP contribution in [-0.4, -0.2) is 74.9 Å². The second kappa shape index (κ2) is 74.6. The lowest BCUT2D eigenvalue weighted by Crippen LogP contribution is -2.37. The molecule has 0 aromatic rings. The van der Waals surface area contributed by atoms with Gasteiger partial charge < -0.3 is 18.9 Å². The van der Waals surface area contributed by atoms with E-state index in [1.165, 1.54) is 148 Å². The molecule has 2 atom stereocenters. The summed E-state index contributed by atoms with van der Waals surface area (Å²) in [6.07, 6.45) is 113. The zero-order chi connectivity index (χ0) is 69.7.